The van der Waals surface area contributed by atoms with Gasteiger partial charge in [0.15, 0.2) is 5.69 Å². The van der Waals surface area contributed by atoms with Gasteiger partial charge in [0, 0.05) is 6.04 Å². The Balaban J connectivity index is 1.66. The van der Waals surface area contributed by atoms with Gasteiger partial charge in [-0.25, -0.2) is 4.68 Å². The van der Waals surface area contributed by atoms with Crippen LogP contribution in [0.2, 0.25) is 0 Å². The number of hydrogen-bond donors (Lipinski definition) is 2. The fourth-order valence-corrected chi connectivity index (χ4v) is 3.63. The van der Waals surface area contributed by atoms with E-state index in [9.17, 15) is 4.79 Å². The van der Waals surface area contributed by atoms with E-state index in [-0.39, 0.29) is 5.91 Å². The van der Waals surface area contributed by atoms with E-state index in [1.807, 2.05) is 11.6 Å². The average Bonchev–Trinajstić information content (AvgIpc) is 2.75. The Morgan fingerprint density at radius 1 is 1.14 bits per heavy atom. The number of carbonyl (C=O) groups excluding carboxylic acids is 1. The van der Waals surface area contributed by atoms with Crippen LogP contribution in [0.4, 0.5) is 0 Å². The zero-order valence-electron chi connectivity index (χ0n) is 13.5. The standard InChI is InChI=1S/C16H27N5O/c1-12-15(16(22)18-13-6-4-2-3-5-7-13)19-20-21(12)14-8-10-17-11-9-14/h13-14,17H,2-11H2,1H3,(H,18,22). The molecule has 3 rings (SSSR count). The van der Waals surface area contributed by atoms with Crippen molar-refractivity contribution in [3.63, 3.8) is 0 Å². The minimum Gasteiger partial charge on any atom is -0.348 e. The fraction of sp³-hybridized carbons (Fsp3) is 0.812. The van der Waals surface area contributed by atoms with Crippen molar-refractivity contribution < 1.29 is 4.79 Å². The Kier molecular flexibility index (Phi) is 5.08. The first kappa shape index (κ1) is 15.5. The maximum Gasteiger partial charge on any atom is 0.273 e. The van der Waals surface area contributed by atoms with Crippen molar-refractivity contribution in [3.05, 3.63) is 11.4 Å². The minimum absolute atomic E-state index is 0.0513. The third kappa shape index (κ3) is 3.48. The molecule has 0 unspecified atom stereocenters. The lowest BCUT2D eigenvalue weighted by Gasteiger charge is -2.23. The number of nitrogens with zero attached hydrogens (tertiary/aromatic N) is 3. The van der Waals surface area contributed by atoms with Crippen LogP contribution >= 0.6 is 0 Å². The number of aromatic nitrogens is 3. The number of amides is 1. The Morgan fingerprint density at radius 2 is 1.82 bits per heavy atom. The van der Waals surface area contributed by atoms with Gasteiger partial charge < -0.3 is 10.6 Å². The van der Waals surface area contributed by atoms with Crippen molar-refractivity contribution in [2.24, 2.45) is 0 Å². The molecule has 1 aliphatic carbocycles. The molecule has 6 heteroatoms. The molecule has 1 aromatic rings. The van der Waals surface area contributed by atoms with Crippen molar-refractivity contribution in [2.45, 2.75) is 70.4 Å². The molecule has 6 nitrogen and oxygen atoms in total. The van der Waals surface area contributed by atoms with E-state index in [0.717, 1.165) is 44.5 Å². The van der Waals surface area contributed by atoms with Crippen LogP contribution in [0.3, 0.4) is 0 Å². The third-order valence-corrected chi connectivity index (χ3v) is 4.99. The van der Waals surface area contributed by atoms with Crippen LogP contribution in [0.25, 0.3) is 0 Å². The summed E-state index contributed by atoms with van der Waals surface area (Å²) in [5.74, 6) is -0.0513. The molecule has 1 saturated heterocycles. The first-order chi connectivity index (χ1) is 10.8. The molecular weight excluding hydrogens is 278 g/mol. The molecule has 2 aliphatic rings. The predicted octanol–water partition coefficient (Wildman–Crippen LogP) is 1.96. The molecule has 0 aromatic carbocycles. The summed E-state index contributed by atoms with van der Waals surface area (Å²) >= 11 is 0. The number of piperidine rings is 1. The molecule has 2 fully saturated rings. The number of hydrogen-bond acceptors (Lipinski definition) is 4. The van der Waals surface area contributed by atoms with Crippen LogP contribution in [-0.4, -0.2) is 40.0 Å². The quantitative estimate of drug-likeness (QED) is 0.838. The molecule has 0 bridgehead atoms. The average molecular weight is 305 g/mol. The minimum atomic E-state index is -0.0513. The summed E-state index contributed by atoms with van der Waals surface area (Å²) in [6, 6.07) is 0.673. The Morgan fingerprint density at radius 3 is 2.50 bits per heavy atom. The van der Waals surface area contributed by atoms with Crippen molar-refractivity contribution in [3.8, 4) is 0 Å². The van der Waals surface area contributed by atoms with Crippen LogP contribution in [-0.2, 0) is 0 Å². The first-order valence-corrected chi connectivity index (χ1v) is 8.69. The summed E-state index contributed by atoms with van der Waals surface area (Å²) in [7, 11) is 0. The summed E-state index contributed by atoms with van der Waals surface area (Å²) in [6.45, 7) is 3.98. The molecule has 2 heterocycles. The molecule has 0 spiro atoms. The van der Waals surface area contributed by atoms with Crippen LogP contribution in [0.15, 0.2) is 0 Å². The molecule has 122 valence electrons. The Labute approximate surface area is 132 Å². The molecule has 1 amide bonds. The van der Waals surface area contributed by atoms with Crippen molar-refractivity contribution >= 4 is 5.91 Å². The largest absolute Gasteiger partial charge is 0.348 e. The molecule has 22 heavy (non-hydrogen) atoms. The lowest BCUT2D eigenvalue weighted by atomic mass is 10.1. The summed E-state index contributed by atoms with van der Waals surface area (Å²) in [5, 5.41) is 14.9. The maximum absolute atomic E-state index is 12.5. The normalized spacial score (nSPS) is 21.5. The van der Waals surface area contributed by atoms with Gasteiger partial charge in [-0.05, 0) is 45.7 Å². The second kappa shape index (κ2) is 7.22. The lowest BCUT2D eigenvalue weighted by Crippen LogP contribution is -2.35. The monoisotopic (exact) mass is 305 g/mol. The summed E-state index contributed by atoms with van der Waals surface area (Å²) in [5.41, 5.74) is 1.40. The van der Waals surface area contributed by atoms with E-state index in [0.29, 0.717) is 17.8 Å². The highest BCUT2D eigenvalue weighted by atomic mass is 16.2. The molecule has 0 atom stereocenters. The van der Waals surface area contributed by atoms with Crippen molar-refractivity contribution in [1.82, 2.24) is 25.6 Å². The number of nitrogens with one attached hydrogen (secondary N) is 2. The molecule has 1 aliphatic heterocycles. The number of carbonyl (C=O) groups is 1. The van der Waals surface area contributed by atoms with E-state index in [1.165, 1.54) is 25.7 Å². The van der Waals surface area contributed by atoms with E-state index in [1.54, 1.807) is 0 Å². The van der Waals surface area contributed by atoms with Crippen LogP contribution in [0.5, 0.6) is 0 Å². The van der Waals surface area contributed by atoms with Gasteiger partial charge >= 0.3 is 0 Å². The van der Waals surface area contributed by atoms with E-state index < -0.39 is 0 Å². The fourth-order valence-electron chi connectivity index (χ4n) is 3.63. The van der Waals surface area contributed by atoms with Gasteiger partial charge in [0.25, 0.3) is 5.91 Å². The summed E-state index contributed by atoms with van der Waals surface area (Å²) < 4.78 is 1.95. The summed E-state index contributed by atoms with van der Waals surface area (Å²) in [6.07, 6.45) is 9.29. The Hall–Kier alpha value is -1.43. The molecule has 1 saturated carbocycles. The van der Waals surface area contributed by atoms with E-state index >= 15 is 0 Å². The van der Waals surface area contributed by atoms with Gasteiger partial charge in [-0.1, -0.05) is 30.9 Å². The first-order valence-electron chi connectivity index (χ1n) is 8.69. The number of rotatable bonds is 3. The van der Waals surface area contributed by atoms with Crippen LogP contribution in [0, 0.1) is 6.92 Å². The van der Waals surface area contributed by atoms with Gasteiger partial charge in [-0.15, -0.1) is 5.10 Å². The van der Waals surface area contributed by atoms with Crippen molar-refractivity contribution in [1.29, 1.82) is 0 Å². The highest BCUT2D eigenvalue weighted by Crippen LogP contribution is 2.21. The molecule has 0 radical (unpaired) electrons. The SMILES string of the molecule is Cc1c(C(=O)NC2CCCCCC2)nnn1C1CCNCC1. The van der Waals surface area contributed by atoms with Crippen LogP contribution < -0.4 is 10.6 Å². The second-order valence-electron chi connectivity index (χ2n) is 6.61. The van der Waals surface area contributed by atoms with Gasteiger partial charge in [-0.2, -0.15) is 0 Å². The smallest absolute Gasteiger partial charge is 0.273 e. The van der Waals surface area contributed by atoms with Gasteiger partial charge in [0.1, 0.15) is 0 Å². The highest BCUT2D eigenvalue weighted by Gasteiger charge is 2.24. The predicted molar refractivity (Wildman–Crippen MR) is 84.9 cm³/mol. The zero-order chi connectivity index (χ0) is 15.4. The third-order valence-electron chi connectivity index (χ3n) is 4.99. The van der Waals surface area contributed by atoms with E-state index in [2.05, 4.69) is 20.9 Å². The van der Waals surface area contributed by atoms with Crippen LogP contribution in [0.1, 0.15) is 73.6 Å². The topological polar surface area (TPSA) is 71.8 Å². The maximum atomic E-state index is 12.5. The van der Waals surface area contributed by atoms with Gasteiger partial charge in [-0.3, -0.25) is 4.79 Å². The van der Waals surface area contributed by atoms with Gasteiger partial charge in [0.2, 0.25) is 0 Å². The molecule has 1 aromatic heterocycles. The van der Waals surface area contributed by atoms with E-state index in [4.69, 9.17) is 0 Å². The van der Waals surface area contributed by atoms with Gasteiger partial charge in [0.05, 0.1) is 11.7 Å². The summed E-state index contributed by atoms with van der Waals surface area (Å²) in [4.78, 5) is 12.5. The second-order valence-corrected chi connectivity index (χ2v) is 6.61. The van der Waals surface area contributed by atoms with Crippen molar-refractivity contribution in [2.75, 3.05) is 13.1 Å². The Bertz CT molecular complexity index is 499. The molecule has 2 N–H and O–H groups in total. The lowest BCUT2D eigenvalue weighted by molar-refractivity contribution is 0.0927. The zero-order valence-corrected chi connectivity index (χ0v) is 13.5. The molecular formula is C16H27N5O. The highest BCUT2D eigenvalue weighted by molar-refractivity contribution is 5.93.